The summed E-state index contributed by atoms with van der Waals surface area (Å²) < 4.78 is 13.4. The number of halogens is 1. The van der Waals surface area contributed by atoms with Crippen molar-refractivity contribution in [2.45, 2.75) is 41.0 Å². The first-order chi connectivity index (χ1) is 13.9. The summed E-state index contributed by atoms with van der Waals surface area (Å²) in [4.78, 5) is 11.0. The Bertz CT molecular complexity index is 1090. The van der Waals surface area contributed by atoms with Crippen LogP contribution in [0.25, 0.3) is 20.9 Å². The topological polar surface area (TPSA) is 25.8 Å². The van der Waals surface area contributed by atoms with E-state index in [2.05, 4.69) is 55.0 Å². The number of benzene rings is 2. The van der Waals surface area contributed by atoms with Crippen molar-refractivity contribution >= 4 is 22.7 Å². The molecule has 0 bridgehead atoms. The van der Waals surface area contributed by atoms with Crippen LogP contribution in [0.3, 0.4) is 0 Å². The average molecular weight is 425 g/mol. The van der Waals surface area contributed by atoms with E-state index < -0.39 is 0 Å². The zero-order valence-electron chi connectivity index (χ0n) is 17.4. The van der Waals surface area contributed by atoms with Gasteiger partial charge in [0.05, 0.1) is 31.2 Å². The molecule has 0 aliphatic carbocycles. The minimum atomic E-state index is -0.181. The SMILES string of the molecule is CCc1ccc(-c2sc(C)nc2C)cc1.Cc1nc(C)c(-c2ccccc2F)s1. The fourth-order valence-electron chi connectivity index (χ4n) is 3.12. The van der Waals surface area contributed by atoms with Crippen LogP contribution in [0.15, 0.2) is 48.5 Å². The lowest BCUT2D eigenvalue weighted by Gasteiger charge is -2.00. The summed E-state index contributed by atoms with van der Waals surface area (Å²) in [5.41, 5.74) is 5.36. The molecule has 0 saturated heterocycles. The Labute approximate surface area is 180 Å². The quantitative estimate of drug-likeness (QED) is 0.339. The first kappa shape index (κ1) is 21.3. The molecule has 2 heterocycles. The summed E-state index contributed by atoms with van der Waals surface area (Å²) in [5, 5.41) is 2.11. The molecule has 0 atom stereocenters. The highest BCUT2D eigenvalue weighted by Crippen LogP contribution is 2.31. The lowest BCUT2D eigenvalue weighted by molar-refractivity contribution is 0.631. The molecular weight excluding hydrogens is 399 g/mol. The maximum atomic E-state index is 13.4. The van der Waals surface area contributed by atoms with Crippen LogP contribution in [0.4, 0.5) is 4.39 Å². The number of aromatic nitrogens is 2. The normalized spacial score (nSPS) is 10.6. The molecule has 4 rings (SSSR count). The minimum absolute atomic E-state index is 0.181. The van der Waals surface area contributed by atoms with Gasteiger partial charge >= 0.3 is 0 Å². The van der Waals surface area contributed by atoms with Gasteiger partial charge < -0.3 is 0 Å². The van der Waals surface area contributed by atoms with Crippen LogP contribution in [0.5, 0.6) is 0 Å². The van der Waals surface area contributed by atoms with Crippen molar-refractivity contribution in [3.8, 4) is 20.9 Å². The molecule has 5 heteroatoms. The Morgan fingerprint density at radius 2 is 1.31 bits per heavy atom. The summed E-state index contributed by atoms with van der Waals surface area (Å²) in [6.07, 6.45) is 1.10. The van der Waals surface area contributed by atoms with Crippen molar-refractivity contribution in [2.24, 2.45) is 0 Å². The molecule has 0 amide bonds. The maximum Gasteiger partial charge on any atom is 0.131 e. The fraction of sp³-hybridized carbons (Fsp3) is 0.250. The second-order valence-corrected chi connectivity index (χ2v) is 9.23. The highest BCUT2D eigenvalue weighted by Gasteiger charge is 2.10. The number of aryl methyl sites for hydroxylation is 5. The zero-order chi connectivity index (χ0) is 21.0. The number of hydrogen-bond donors (Lipinski definition) is 0. The van der Waals surface area contributed by atoms with E-state index in [1.54, 1.807) is 23.5 Å². The molecule has 0 N–H and O–H groups in total. The van der Waals surface area contributed by atoms with Gasteiger partial charge in [-0.1, -0.05) is 49.4 Å². The van der Waals surface area contributed by atoms with Gasteiger partial charge in [0, 0.05) is 5.56 Å². The van der Waals surface area contributed by atoms with Crippen molar-refractivity contribution in [1.82, 2.24) is 9.97 Å². The molecule has 0 aliphatic heterocycles. The zero-order valence-corrected chi connectivity index (χ0v) is 19.0. The largest absolute Gasteiger partial charge is 0.246 e. The van der Waals surface area contributed by atoms with Gasteiger partial charge in [0.15, 0.2) is 0 Å². The summed E-state index contributed by atoms with van der Waals surface area (Å²) in [5.74, 6) is -0.181. The molecule has 29 heavy (non-hydrogen) atoms. The molecule has 4 aromatic rings. The van der Waals surface area contributed by atoms with Gasteiger partial charge in [-0.05, 0) is 51.3 Å². The van der Waals surface area contributed by atoms with Crippen LogP contribution in [0.1, 0.15) is 33.9 Å². The number of thiazole rings is 2. The molecule has 0 unspecified atom stereocenters. The average Bonchev–Trinajstić information content (AvgIpc) is 3.22. The Hall–Kier alpha value is -2.37. The molecule has 0 radical (unpaired) electrons. The van der Waals surface area contributed by atoms with E-state index in [1.807, 2.05) is 19.9 Å². The summed E-state index contributed by atoms with van der Waals surface area (Å²) in [6, 6.07) is 15.6. The summed E-state index contributed by atoms with van der Waals surface area (Å²) in [7, 11) is 0. The van der Waals surface area contributed by atoms with Gasteiger partial charge in [0.2, 0.25) is 0 Å². The summed E-state index contributed by atoms with van der Waals surface area (Å²) in [6.45, 7) is 10.2. The number of hydrogen-bond acceptors (Lipinski definition) is 4. The van der Waals surface area contributed by atoms with E-state index in [0.29, 0.717) is 5.56 Å². The van der Waals surface area contributed by atoms with E-state index in [-0.39, 0.29) is 5.82 Å². The predicted molar refractivity (Wildman–Crippen MR) is 123 cm³/mol. The van der Waals surface area contributed by atoms with E-state index in [0.717, 1.165) is 32.7 Å². The molecular formula is C24H25FN2S2. The van der Waals surface area contributed by atoms with Crippen LogP contribution >= 0.6 is 22.7 Å². The lowest BCUT2D eigenvalue weighted by atomic mass is 10.1. The van der Waals surface area contributed by atoms with Gasteiger partial charge in [-0.3, -0.25) is 0 Å². The highest BCUT2D eigenvalue weighted by molar-refractivity contribution is 7.15. The third kappa shape index (κ3) is 5.17. The van der Waals surface area contributed by atoms with Crippen LogP contribution in [0.2, 0.25) is 0 Å². The molecule has 150 valence electrons. The molecule has 2 aromatic heterocycles. The number of rotatable bonds is 3. The Morgan fingerprint density at radius 1 is 0.759 bits per heavy atom. The van der Waals surface area contributed by atoms with Gasteiger partial charge in [-0.2, -0.15) is 0 Å². The molecule has 0 fully saturated rings. The molecule has 2 nitrogen and oxygen atoms in total. The van der Waals surface area contributed by atoms with Gasteiger partial charge in [-0.15, -0.1) is 22.7 Å². The Morgan fingerprint density at radius 3 is 1.79 bits per heavy atom. The van der Waals surface area contributed by atoms with Crippen LogP contribution in [-0.2, 0) is 6.42 Å². The third-order valence-corrected chi connectivity index (χ3v) is 6.78. The van der Waals surface area contributed by atoms with E-state index in [4.69, 9.17) is 0 Å². The van der Waals surface area contributed by atoms with E-state index in [1.165, 1.54) is 33.4 Å². The second-order valence-electron chi connectivity index (χ2n) is 6.83. The monoisotopic (exact) mass is 424 g/mol. The standard InChI is InChI=1S/C13H15NS.C11H10FNS/c1-4-11-5-7-12(8-6-11)13-9(2)14-10(3)15-13;1-7-11(14-8(2)13-7)9-5-3-4-6-10(9)12/h5-8H,4H2,1-3H3;3-6H,1-2H3. The highest BCUT2D eigenvalue weighted by atomic mass is 32.1. The maximum absolute atomic E-state index is 13.4. The third-order valence-electron chi connectivity index (χ3n) is 4.55. The van der Waals surface area contributed by atoms with Crippen LogP contribution in [0, 0.1) is 33.5 Å². The molecule has 0 spiro atoms. The second kappa shape index (κ2) is 9.42. The Balaban J connectivity index is 0.000000166. The van der Waals surface area contributed by atoms with Gasteiger partial charge in [-0.25, -0.2) is 14.4 Å². The Kier molecular flexibility index (Phi) is 6.93. The first-order valence-corrected chi connectivity index (χ1v) is 11.2. The van der Waals surface area contributed by atoms with Crippen molar-refractivity contribution in [3.63, 3.8) is 0 Å². The predicted octanol–water partition coefficient (Wildman–Crippen LogP) is 7.56. The van der Waals surface area contributed by atoms with Crippen molar-refractivity contribution in [1.29, 1.82) is 0 Å². The lowest BCUT2D eigenvalue weighted by Crippen LogP contribution is -1.82. The van der Waals surface area contributed by atoms with Crippen molar-refractivity contribution in [3.05, 3.63) is 81.3 Å². The number of nitrogens with zero attached hydrogens (tertiary/aromatic N) is 2. The van der Waals surface area contributed by atoms with Gasteiger partial charge in [0.25, 0.3) is 0 Å². The first-order valence-electron chi connectivity index (χ1n) is 9.61. The fourth-order valence-corrected chi connectivity index (χ4v) is 4.99. The molecule has 0 saturated carbocycles. The molecule has 0 aliphatic rings. The molecule has 2 aromatic carbocycles. The smallest absolute Gasteiger partial charge is 0.131 e. The van der Waals surface area contributed by atoms with Crippen LogP contribution < -0.4 is 0 Å². The van der Waals surface area contributed by atoms with Crippen molar-refractivity contribution < 1.29 is 4.39 Å². The van der Waals surface area contributed by atoms with Crippen LogP contribution in [-0.4, -0.2) is 9.97 Å². The van der Waals surface area contributed by atoms with E-state index in [9.17, 15) is 4.39 Å². The van der Waals surface area contributed by atoms with Gasteiger partial charge in [0.1, 0.15) is 5.82 Å². The van der Waals surface area contributed by atoms with E-state index >= 15 is 0 Å². The minimum Gasteiger partial charge on any atom is -0.246 e. The summed E-state index contributed by atoms with van der Waals surface area (Å²) >= 11 is 3.30. The van der Waals surface area contributed by atoms with Crippen molar-refractivity contribution in [2.75, 3.05) is 0 Å².